The Balaban J connectivity index is 2.17. The van der Waals surface area contributed by atoms with Crippen molar-refractivity contribution < 1.29 is 4.74 Å². The van der Waals surface area contributed by atoms with E-state index in [9.17, 15) is 0 Å². The SMILES string of the molecule is CC1CN(CCCCS)CC(C)O1. The lowest BCUT2D eigenvalue weighted by atomic mass is 10.2. The van der Waals surface area contributed by atoms with Gasteiger partial charge in [-0.2, -0.15) is 12.6 Å². The highest BCUT2D eigenvalue weighted by atomic mass is 32.1. The van der Waals surface area contributed by atoms with Crippen LogP contribution in [0.5, 0.6) is 0 Å². The molecule has 0 radical (unpaired) electrons. The van der Waals surface area contributed by atoms with Gasteiger partial charge in [-0.05, 0) is 39.0 Å². The molecule has 2 unspecified atom stereocenters. The van der Waals surface area contributed by atoms with Gasteiger partial charge in [0.2, 0.25) is 0 Å². The second-order valence-corrected chi connectivity index (χ2v) is 4.39. The molecule has 1 fully saturated rings. The minimum absolute atomic E-state index is 0.403. The van der Waals surface area contributed by atoms with E-state index in [0.29, 0.717) is 12.2 Å². The van der Waals surface area contributed by atoms with Gasteiger partial charge in [0.25, 0.3) is 0 Å². The number of hydrogen-bond donors (Lipinski definition) is 1. The predicted molar refractivity (Wildman–Crippen MR) is 59.5 cm³/mol. The van der Waals surface area contributed by atoms with Crippen LogP contribution in [-0.4, -0.2) is 42.5 Å². The molecule has 0 bridgehead atoms. The standard InChI is InChI=1S/C10H21NOS/c1-9-7-11(5-3-4-6-13)8-10(2)12-9/h9-10,13H,3-8H2,1-2H3. The number of morpholine rings is 1. The minimum Gasteiger partial charge on any atom is -0.373 e. The van der Waals surface area contributed by atoms with E-state index in [0.717, 1.165) is 18.8 Å². The van der Waals surface area contributed by atoms with E-state index in [2.05, 4.69) is 31.4 Å². The molecule has 0 spiro atoms. The summed E-state index contributed by atoms with van der Waals surface area (Å²) >= 11 is 4.21. The molecule has 0 aliphatic carbocycles. The molecule has 0 amide bonds. The molecule has 0 N–H and O–H groups in total. The van der Waals surface area contributed by atoms with Crippen molar-refractivity contribution in [2.75, 3.05) is 25.4 Å². The summed E-state index contributed by atoms with van der Waals surface area (Å²) in [6, 6.07) is 0. The Morgan fingerprint density at radius 2 is 1.85 bits per heavy atom. The van der Waals surface area contributed by atoms with E-state index in [1.807, 2.05) is 0 Å². The van der Waals surface area contributed by atoms with Gasteiger partial charge in [-0.1, -0.05) is 0 Å². The fraction of sp³-hybridized carbons (Fsp3) is 1.00. The average molecular weight is 203 g/mol. The molecule has 1 rings (SSSR count). The summed E-state index contributed by atoms with van der Waals surface area (Å²) in [5.74, 6) is 1.01. The molecule has 78 valence electrons. The van der Waals surface area contributed by atoms with Crippen LogP contribution < -0.4 is 0 Å². The quantitative estimate of drug-likeness (QED) is 0.552. The Morgan fingerprint density at radius 3 is 2.38 bits per heavy atom. The van der Waals surface area contributed by atoms with Gasteiger partial charge in [-0.25, -0.2) is 0 Å². The van der Waals surface area contributed by atoms with Gasteiger partial charge in [0.15, 0.2) is 0 Å². The summed E-state index contributed by atoms with van der Waals surface area (Å²) < 4.78 is 5.67. The maximum absolute atomic E-state index is 5.67. The molecule has 1 saturated heterocycles. The fourth-order valence-corrected chi connectivity index (χ4v) is 2.14. The van der Waals surface area contributed by atoms with Crippen LogP contribution in [-0.2, 0) is 4.74 Å². The van der Waals surface area contributed by atoms with Gasteiger partial charge >= 0.3 is 0 Å². The Labute approximate surface area is 87.0 Å². The van der Waals surface area contributed by atoms with Gasteiger partial charge in [0, 0.05) is 13.1 Å². The first-order valence-electron chi connectivity index (χ1n) is 5.21. The Morgan fingerprint density at radius 1 is 1.23 bits per heavy atom. The zero-order valence-electron chi connectivity index (χ0n) is 8.70. The lowest BCUT2D eigenvalue weighted by molar-refractivity contribution is -0.0680. The Kier molecular flexibility index (Phi) is 5.14. The van der Waals surface area contributed by atoms with Gasteiger partial charge in [-0.3, -0.25) is 4.90 Å². The third-order valence-electron chi connectivity index (χ3n) is 2.38. The van der Waals surface area contributed by atoms with Crippen LogP contribution >= 0.6 is 12.6 Å². The summed E-state index contributed by atoms with van der Waals surface area (Å²) in [5, 5.41) is 0. The highest BCUT2D eigenvalue weighted by Crippen LogP contribution is 2.11. The molecule has 13 heavy (non-hydrogen) atoms. The van der Waals surface area contributed by atoms with Crippen LogP contribution in [0, 0.1) is 0 Å². The lowest BCUT2D eigenvalue weighted by Gasteiger charge is -2.35. The summed E-state index contributed by atoms with van der Waals surface area (Å²) in [5.41, 5.74) is 0. The second-order valence-electron chi connectivity index (χ2n) is 3.95. The molecule has 1 heterocycles. The van der Waals surface area contributed by atoms with Crippen molar-refractivity contribution in [3.05, 3.63) is 0 Å². The smallest absolute Gasteiger partial charge is 0.0678 e. The third kappa shape index (κ3) is 4.34. The first kappa shape index (κ1) is 11.3. The molecule has 3 heteroatoms. The number of hydrogen-bond acceptors (Lipinski definition) is 3. The van der Waals surface area contributed by atoms with Gasteiger partial charge < -0.3 is 4.74 Å². The van der Waals surface area contributed by atoms with Crippen molar-refractivity contribution in [2.45, 2.75) is 38.9 Å². The molecule has 2 nitrogen and oxygen atoms in total. The summed E-state index contributed by atoms with van der Waals surface area (Å²) in [7, 11) is 0. The molecule has 2 atom stereocenters. The highest BCUT2D eigenvalue weighted by molar-refractivity contribution is 7.80. The van der Waals surface area contributed by atoms with E-state index in [-0.39, 0.29) is 0 Å². The van der Waals surface area contributed by atoms with E-state index in [1.54, 1.807) is 0 Å². The van der Waals surface area contributed by atoms with E-state index < -0.39 is 0 Å². The Hall–Kier alpha value is 0.270. The molecule has 0 saturated carbocycles. The first-order valence-corrected chi connectivity index (χ1v) is 5.84. The van der Waals surface area contributed by atoms with Crippen molar-refractivity contribution in [3.63, 3.8) is 0 Å². The predicted octanol–water partition coefficient (Wildman–Crippen LogP) is 1.81. The average Bonchev–Trinajstić information content (AvgIpc) is 2.03. The fourth-order valence-electron chi connectivity index (χ4n) is 1.91. The Bertz CT molecular complexity index is 133. The van der Waals surface area contributed by atoms with E-state index in [4.69, 9.17) is 4.74 Å². The van der Waals surface area contributed by atoms with Crippen molar-refractivity contribution >= 4 is 12.6 Å². The third-order valence-corrected chi connectivity index (χ3v) is 2.69. The first-order chi connectivity index (χ1) is 6.22. The minimum atomic E-state index is 0.403. The van der Waals surface area contributed by atoms with Crippen LogP contribution in [0.2, 0.25) is 0 Å². The van der Waals surface area contributed by atoms with Crippen molar-refractivity contribution in [1.82, 2.24) is 4.90 Å². The number of unbranched alkanes of at least 4 members (excludes halogenated alkanes) is 1. The lowest BCUT2D eigenvalue weighted by Crippen LogP contribution is -2.45. The maximum atomic E-state index is 5.67. The zero-order valence-corrected chi connectivity index (χ0v) is 9.59. The summed E-state index contributed by atoms with van der Waals surface area (Å²) in [4.78, 5) is 2.50. The topological polar surface area (TPSA) is 12.5 Å². The van der Waals surface area contributed by atoms with Gasteiger partial charge in [0.05, 0.1) is 12.2 Å². The largest absolute Gasteiger partial charge is 0.373 e. The molecule has 0 aromatic rings. The van der Waals surface area contributed by atoms with Crippen molar-refractivity contribution in [2.24, 2.45) is 0 Å². The van der Waals surface area contributed by atoms with Crippen LogP contribution in [0.15, 0.2) is 0 Å². The number of ether oxygens (including phenoxy) is 1. The van der Waals surface area contributed by atoms with E-state index >= 15 is 0 Å². The molecule has 0 aromatic carbocycles. The number of thiol groups is 1. The number of rotatable bonds is 4. The normalized spacial score (nSPS) is 30.7. The second kappa shape index (κ2) is 5.89. The van der Waals surface area contributed by atoms with Crippen LogP contribution in [0.25, 0.3) is 0 Å². The van der Waals surface area contributed by atoms with Crippen LogP contribution in [0.1, 0.15) is 26.7 Å². The van der Waals surface area contributed by atoms with Crippen molar-refractivity contribution in [3.8, 4) is 0 Å². The maximum Gasteiger partial charge on any atom is 0.0678 e. The van der Waals surface area contributed by atoms with Gasteiger partial charge in [0.1, 0.15) is 0 Å². The van der Waals surface area contributed by atoms with Gasteiger partial charge in [-0.15, -0.1) is 0 Å². The number of nitrogens with zero attached hydrogens (tertiary/aromatic N) is 1. The van der Waals surface area contributed by atoms with Crippen LogP contribution in [0.4, 0.5) is 0 Å². The summed E-state index contributed by atoms with van der Waals surface area (Å²) in [6.07, 6.45) is 3.30. The van der Waals surface area contributed by atoms with E-state index in [1.165, 1.54) is 19.4 Å². The summed E-state index contributed by atoms with van der Waals surface area (Å²) in [6.45, 7) is 7.70. The monoisotopic (exact) mass is 203 g/mol. The molecule has 0 aromatic heterocycles. The molecule has 1 aliphatic rings. The highest BCUT2D eigenvalue weighted by Gasteiger charge is 2.21. The molecular weight excluding hydrogens is 182 g/mol. The molecule has 1 aliphatic heterocycles. The van der Waals surface area contributed by atoms with Crippen LogP contribution in [0.3, 0.4) is 0 Å². The van der Waals surface area contributed by atoms with Crippen molar-refractivity contribution in [1.29, 1.82) is 0 Å². The zero-order chi connectivity index (χ0) is 9.68. The molecular formula is C10H21NOS.